The van der Waals surface area contributed by atoms with Crippen molar-refractivity contribution in [3.63, 3.8) is 0 Å². The summed E-state index contributed by atoms with van der Waals surface area (Å²) in [6.07, 6.45) is 7.56. The Bertz CT molecular complexity index is 611. The zero-order valence-corrected chi connectivity index (χ0v) is 15.1. The van der Waals surface area contributed by atoms with E-state index in [1.807, 2.05) is 36.2 Å². The number of rotatable bonds is 5. The first-order chi connectivity index (χ1) is 12.2. The van der Waals surface area contributed by atoms with Crippen LogP contribution in [0.4, 0.5) is 5.69 Å². The van der Waals surface area contributed by atoms with E-state index in [9.17, 15) is 9.59 Å². The summed E-state index contributed by atoms with van der Waals surface area (Å²) in [6, 6.07) is 7.64. The molecule has 2 N–H and O–H groups in total. The zero-order valence-electron chi connectivity index (χ0n) is 15.1. The molecule has 1 atom stereocenters. The Labute approximate surface area is 150 Å². The van der Waals surface area contributed by atoms with Crippen molar-refractivity contribution < 1.29 is 9.59 Å². The minimum Gasteiger partial charge on any atom is -0.334 e. The second kappa shape index (κ2) is 8.48. The van der Waals surface area contributed by atoms with E-state index in [2.05, 4.69) is 10.6 Å². The molecule has 3 rings (SSSR count). The maximum absolute atomic E-state index is 12.9. The number of carbonyl (C=O) groups is 2. The minimum atomic E-state index is 0.0616. The van der Waals surface area contributed by atoms with Crippen LogP contribution in [-0.2, 0) is 4.79 Å². The zero-order chi connectivity index (χ0) is 17.6. The quantitative estimate of drug-likeness (QED) is 0.864. The molecule has 1 aromatic carbocycles. The molecule has 1 aromatic rings. The predicted molar refractivity (Wildman–Crippen MR) is 99.6 cm³/mol. The van der Waals surface area contributed by atoms with Crippen molar-refractivity contribution in [2.24, 2.45) is 5.92 Å². The second-order valence-corrected chi connectivity index (χ2v) is 7.26. The predicted octanol–water partition coefficient (Wildman–Crippen LogP) is 3.03. The summed E-state index contributed by atoms with van der Waals surface area (Å²) >= 11 is 0. The molecule has 1 heterocycles. The molecule has 0 bridgehead atoms. The smallest absolute Gasteiger partial charge is 0.254 e. The lowest BCUT2D eigenvalue weighted by atomic mass is 9.88. The molecule has 0 aromatic heterocycles. The van der Waals surface area contributed by atoms with E-state index < -0.39 is 0 Å². The highest BCUT2D eigenvalue weighted by Crippen LogP contribution is 2.26. The third-order valence-corrected chi connectivity index (χ3v) is 5.43. The molecule has 0 spiro atoms. The van der Waals surface area contributed by atoms with Crippen molar-refractivity contribution in [1.29, 1.82) is 0 Å². The number of carbonyl (C=O) groups excluding carboxylic acids is 2. The van der Waals surface area contributed by atoms with Gasteiger partial charge in [-0.3, -0.25) is 9.59 Å². The van der Waals surface area contributed by atoms with Crippen LogP contribution in [0.3, 0.4) is 0 Å². The van der Waals surface area contributed by atoms with E-state index in [1.54, 1.807) is 0 Å². The van der Waals surface area contributed by atoms with Gasteiger partial charge in [0.2, 0.25) is 5.91 Å². The largest absolute Gasteiger partial charge is 0.334 e. The lowest BCUT2D eigenvalue weighted by Gasteiger charge is -2.25. The van der Waals surface area contributed by atoms with Gasteiger partial charge in [-0.25, -0.2) is 0 Å². The van der Waals surface area contributed by atoms with Crippen molar-refractivity contribution >= 4 is 17.5 Å². The fourth-order valence-corrected chi connectivity index (χ4v) is 4.06. The Hall–Kier alpha value is -1.88. The fraction of sp³-hybridized carbons (Fsp3) is 0.600. The molecule has 5 nitrogen and oxygen atoms in total. The highest BCUT2D eigenvalue weighted by Gasteiger charge is 2.29. The number of amides is 2. The molecule has 136 valence electrons. The number of hydrogen-bond acceptors (Lipinski definition) is 3. The summed E-state index contributed by atoms with van der Waals surface area (Å²) in [5.41, 5.74) is 1.38. The highest BCUT2D eigenvalue weighted by molar-refractivity contribution is 5.98. The van der Waals surface area contributed by atoms with E-state index in [4.69, 9.17) is 0 Å². The topological polar surface area (TPSA) is 61.4 Å². The van der Waals surface area contributed by atoms with Gasteiger partial charge in [0.15, 0.2) is 0 Å². The van der Waals surface area contributed by atoms with Crippen LogP contribution in [0.2, 0.25) is 0 Å². The molecular formula is C20H29N3O2. The molecule has 25 heavy (non-hydrogen) atoms. The summed E-state index contributed by atoms with van der Waals surface area (Å²) in [5.74, 6) is 0.275. The molecular weight excluding hydrogens is 314 g/mol. The van der Waals surface area contributed by atoms with Crippen LogP contribution in [0, 0.1) is 5.92 Å². The molecule has 0 radical (unpaired) electrons. The van der Waals surface area contributed by atoms with Crippen LogP contribution in [0.5, 0.6) is 0 Å². The Kier molecular flexibility index (Phi) is 6.08. The first kappa shape index (κ1) is 17.9. The SMILES string of the molecule is CNCC1CCCN1C(=O)c1cccc(NC(=O)C2CCCCC2)c1. The van der Waals surface area contributed by atoms with Crippen LogP contribution < -0.4 is 10.6 Å². The van der Waals surface area contributed by atoms with Crippen LogP contribution in [0.25, 0.3) is 0 Å². The summed E-state index contributed by atoms with van der Waals surface area (Å²) in [4.78, 5) is 27.2. The Balaban J connectivity index is 1.66. The highest BCUT2D eigenvalue weighted by atomic mass is 16.2. The van der Waals surface area contributed by atoms with E-state index in [0.29, 0.717) is 5.56 Å². The van der Waals surface area contributed by atoms with Crippen molar-refractivity contribution in [3.8, 4) is 0 Å². The average Bonchev–Trinajstić information content (AvgIpc) is 3.10. The monoisotopic (exact) mass is 343 g/mol. The van der Waals surface area contributed by atoms with E-state index in [1.165, 1.54) is 6.42 Å². The van der Waals surface area contributed by atoms with E-state index in [0.717, 1.165) is 57.3 Å². The lowest BCUT2D eigenvalue weighted by Crippen LogP contribution is -2.40. The Morgan fingerprint density at radius 1 is 1.12 bits per heavy atom. The third-order valence-electron chi connectivity index (χ3n) is 5.43. The molecule has 1 aliphatic carbocycles. The maximum Gasteiger partial charge on any atom is 0.254 e. The van der Waals surface area contributed by atoms with Crippen LogP contribution in [0.15, 0.2) is 24.3 Å². The van der Waals surface area contributed by atoms with E-state index >= 15 is 0 Å². The van der Waals surface area contributed by atoms with Gasteiger partial charge >= 0.3 is 0 Å². The van der Waals surface area contributed by atoms with Crippen LogP contribution in [-0.4, -0.2) is 42.9 Å². The molecule has 1 unspecified atom stereocenters. The normalized spacial score (nSPS) is 21.3. The number of likely N-dealkylation sites (N-methyl/N-ethyl adjacent to an activating group) is 1. The van der Waals surface area contributed by atoms with Gasteiger partial charge in [-0.05, 0) is 50.9 Å². The van der Waals surface area contributed by atoms with Gasteiger partial charge in [0.05, 0.1) is 0 Å². The molecule has 2 aliphatic rings. The molecule has 5 heteroatoms. The maximum atomic E-state index is 12.9. The summed E-state index contributed by atoms with van der Waals surface area (Å²) < 4.78 is 0. The van der Waals surface area contributed by atoms with Crippen molar-refractivity contribution in [2.75, 3.05) is 25.5 Å². The number of hydrogen-bond donors (Lipinski definition) is 2. The third kappa shape index (κ3) is 4.40. The molecule has 1 saturated carbocycles. The first-order valence-electron chi connectivity index (χ1n) is 9.55. The molecule has 2 fully saturated rings. The van der Waals surface area contributed by atoms with Crippen molar-refractivity contribution in [3.05, 3.63) is 29.8 Å². The summed E-state index contributed by atoms with van der Waals surface area (Å²) in [5, 5.41) is 6.18. The summed E-state index contributed by atoms with van der Waals surface area (Å²) in [7, 11) is 1.92. The van der Waals surface area contributed by atoms with E-state index in [-0.39, 0.29) is 23.8 Å². The lowest BCUT2D eigenvalue weighted by molar-refractivity contribution is -0.120. The van der Waals surface area contributed by atoms with Gasteiger partial charge in [-0.1, -0.05) is 25.3 Å². The molecule has 1 saturated heterocycles. The Morgan fingerprint density at radius 3 is 2.68 bits per heavy atom. The van der Waals surface area contributed by atoms with Gasteiger partial charge in [0.25, 0.3) is 5.91 Å². The second-order valence-electron chi connectivity index (χ2n) is 7.26. The number of likely N-dealkylation sites (tertiary alicyclic amines) is 1. The van der Waals surface area contributed by atoms with Gasteiger partial charge < -0.3 is 15.5 Å². The molecule has 2 amide bonds. The van der Waals surface area contributed by atoms with Gasteiger partial charge in [0.1, 0.15) is 0 Å². The number of anilines is 1. The Morgan fingerprint density at radius 2 is 1.92 bits per heavy atom. The van der Waals surface area contributed by atoms with Crippen molar-refractivity contribution in [1.82, 2.24) is 10.2 Å². The summed E-state index contributed by atoms with van der Waals surface area (Å²) in [6.45, 7) is 1.63. The van der Waals surface area contributed by atoms with Crippen LogP contribution in [0.1, 0.15) is 55.3 Å². The average molecular weight is 343 g/mol. The molecule has 1 aliphatic heterocycles. The van der Waals surface area contributed by atoms with Crippen molar-refractivity contribution in [2.45, 2.75) is 51.0 Å². The van der Waals surface area contributed by atoms with Gasteiger partial charge in [0, 0.05) is 36.3 Å². The minimum absolute atomic E-state index is 0.0616. The fourth-order valence-electron chi connectivity index (χ4n) is 4.06. The number of nitrogens with one attached hydrogen (secondary N) is 2. The number of nitrogens with zero attached hydrogens (tertiary/aromatic N) is 1. The first-order valence-corrected chi connectivity index (χ1v) is 9.55. The van der Waals surface area contributed by atoms with Gasteiger partial charge in [-0.15, -0.1) is 0 Å². The standard InChI is InChI=1S/C20H29N3O2/c1-21-14-18-11-6-12-23(18)20(25)16-9-5-10-17(13-16)22-19(24)15-7-3-2-4-8-15/h5,9-10,13,15,18,21H,2-4,6-8,11-12,14H2,1H3,(H,22,24). The van der Waals surface area contributed by atoms with Gasteiger partial charge in [-0.2, -0.15) is 0 Å². The van der Waals surface area contributed by atoms with Crippen LogP contribution >= 0.6 is 0 Å². The number of benzene rings is 1.